The molecule has 17 heavy (non-hydrogen) atoms. The summed E-state index contributed by atoms with van der Waals surface area (Å²) in [6, 6.07) is 9.91. The molecule has 0 aliphatic rings. The first-order valence-corrected chi connectivity index (χ1v) is 5.71. The molecule has 0 radical (unpaired) electrons. The van der Waals surface area contributed by atoms with Crippen molar-refractivity contribution in [2.24, 2.45) is 0 Å². The summed E-state index contributed by atoms with van der Waals surface area (Å²) in [4.78, 5) is 11.2. The number of carbonyl (C=O) groups is 1. The molecule has 0 aliphatic carbocycles. The van der Waals surface area contributed by atoms with Gasteiger partial charge >= 0.3 is 5.97 Å². The van der Waals surface area contributed by atoms with Crippen LogP contribution < -0.4 is 0 Å². The number of aryl methyl sites for hydroxylation is 1. The van der Waals surface area contributed by atoms with Gasteiger partial charge in [-0.1, -0.05) is 30.3 Å². The average Bonchev–Trinajstić information content (AvgIpc) is 2.37. The van der Waals surface area contributed by atoms with Gasteiger partial charge in [0.15, 0.2) is 0 Å². The molecule has 0 unspecified atom stereocenters. The second-order valence-corrected chi connectivity index (χ2v) is 3.86. The molecule has 0 saturated carbocycles. The summed E-state index contributed by atoms with van der Waals surface area (Å²) in [6.45, 7) is -0.530. The number of benzene rings is 1. The smallest absolute Gasteiger partial charge is 0.305 e. The van der Waals surface area contributed by atoms with Crippen molar-refractivity contribution in [2.75, 3.05) is 13.2 Å². The van der Waals surface area contributed by atoms with Crippen molar-refractivity contribution in [3.63, 3.8) is 0 Å². The van der Waals surface area contributed by atoms with Gasteiger partial charge < -0.3 is 14.9 Å². The van der Waals surface area contributed by atoms with Gasteiger partial charge in [-0.15, -0.1) is 0 Å². The van der Waals surface area contributed by atoms with E-state index in [0.29, 0.717) is 6.42 Å². The van der Waals surface area contributed by atoms with E-state index in [1.165, 1.54) is 5.56 Å². The molecule has 0 saturated heterocycles. The van der Waals surface area contributed by atoms with E-state index in [9.17, 15) is 4.79 Å². The monoisotopic (exact) mass is 238 g/mol. The minimum Gasteiger partial charge on any atom is -0.463 e. The number of aliphatic hydroxyl groups is 2. The zero-order chi connectivity index (χ0) is 12.5. The molecule has 0 aliphatic heterocycles. The van der Waals surface area contributed by atoms with Crippen LogP contribution in [0, 0.1) is 0 Å². The molecule has 0 bridgehead atoms. The van der Waals surface area contributed by atoms with Gasteiger partial charge in [-0.05, 0) is 18.4 Å². The third kappa shape index (κ3) is 6.04. The van der Waals surface area contributed by atoms with Crippen molar-refractivity contribution in [3.8, 4) is 0 Å². The Labute approximate surface area is 101 Å². The maximum Gasteiger partial charge on any atom is 0.305 e. The van der Waals surface area contributed by atoms with Crippen LogP contribution in [0.4, 0.5) is 0 Å². The topological polar surface area (TPSA) is 66.8 Å². The highest BCUT2D eigenvalue weighted by atomic mass is 16.5. The predicted molar refractivity (Wildman–Crippen MR) is 63.4 cm³/mol. The normalized spacial score (nSPS) is 12.1. The largest absolute Gasteiger partial charge is 0.463 e. The molecule has 0 amide bonds. The van der Waals surface area contributed by atoms with Crippen molar-refractivity contribution in [3.05, 3.63) is 35.9 Å². The summed E-state index contributed by atoms with van der Waals surface area (Å²) in [5.74, 6) is -0.339. The highest BCUT2D eigenvalue weighted by molar-refractivity contribution is 5.69. The van der Waals surface area contributed by atoms with E-state index in [4.69, 9.17) is 14.9 Å². The molecule has 1 aromatic rings. The molecule has 0 heterocycles. The Balaban J connectivity index is 2.12. The van der Waals surface area contributed by atoms with E-state index >= 15 is 0 Å². The van der Waals surface area contributed by atoms with Crippen LogP contribution in [0.15, 0.2) is 30.3 Å². The highest BCUT2D eigenvalue weighted by Crippen LogP contribution is 2.05. The number of esters is 1. The van der Waals surface area contributed by atoms with Crippen molar-refractivity contribution >= 4 is 5.97 Å². The molecule has 1 atom stereocenters. The van der Waals surface area contributed by atoms with Crippen LogP contribution in [0.3, 0.4) is 0 Å². The van der Waals surface area contributed by atoms with Crippen LogP contribution in [0.1, 0.15) is 18.4 Å². The van der Waals surface area contributed by atoms with E-state index in [-0.39, 0.29) is 12.6 Å². The van der Waals surface area contributed by atoms with Gasteiger partial charge in [0.05, 0.1) is 6.61 Å². The second-order valence-electron chi connectivity index (χ2n) is 3.86. The number of hydrogen-bond donors (Lipinski definition) is 2. The van der Waals surface area contributed by atoms with Crippen molar-refractivity contribution in [1.82, 2.24) is 0 Å². The van der Waals surface area contributed by atoms with E-state index < -0.39 is 12.7 Å². The maximum atomic E-state index is 11.2. The van der Waals surface area contributed by atoms with Crippen LogP contribution >= 0.6 is 0 Å². The summed E-state index contributed by atoms with van der Waals surface area (Å²) in [7, 11) is 0. The van der Waals surface area contributed by atoms with Crippen LogP contribution in [0.5, 0.6) is 0 Å². The summed E-state index contributed by atoms with van der Waals surface area (Å²) in [5.41, 5.74) is 1.19. The van der Waals surface area contributed by atoms with E-state index in [0.717, 1.165) is 12.8 Å². The first-order valence-electron chi connectivity index (χ1n) is 5.71. The minimum atomic E-state index is -0.979. The lowest BCUT2D eigenvalue weighted by Gasteiger charge is -2.08. The summed E-state index contributed by atoms with van der Waals surface area (Å²) in [5, 5.41) is 17.5. The molecule has 4 heteroatoms. The number of aliphatic hydroxyl groups excluding tert-OH is 2. The van der Waals surface area contributed by atoms with Crippen molar-refractivity contribution in [2.45, 2.75) is 25.4 Å². The van der Waals surface area contributed by atoms with Crippen LogP contribution in [0.25, 0.3) is 0 Å². The molecule has 1 rings (SSSR count). The number of rotatable bonds is 7. The molecular formula is C13H18O4. The Morgan fingerprint density at radius 2 is 2.00 bits per heavy atom. The van der Waals surface area contributed by atoms with Gasteiger partial charge in [0.2, 0.25) is 0 Å². The number of hydrogen-bond acceptors (Lipinski definition) is 4. The van der Waals surface area contributed by atoms with E-state index in [1.54, 1.807) is 0 Å². The Kier molecular flexibility index (Phi) is 6.29. The molecule has 0 spiro atoms. The van der Waals surface area contributed by atoms with Crippen LogP contribution in [-0.4, -0.2) is 35.5 Å². The first-order chi connectivity index (χ1) is 8.22. The average molecular weight is 238 g/mol. The number of carbonyl (C=O) groups excluding carboxylic acids is 1. The highest BCUT2D eigenvalue weighted by Gasteiger charge is 2.07. The quantitative estimate of drug-likeness (QED) is 0.693. The third-order valence-electron chi connectivity index (χ3n) is 2.34. The molecule has 0 aromatic heterocycles. The first kappa shape index (κ1) is 13.7. The van der Waals surface area contributed by atoms with Crippen LogP contribution in [-0.2, 0) is 16.0 Å². The lowest BCUT2D eigenvalue weighted by atomic mass is 10.1. The van der Waals surface area contributed by atoms with Gasteiger partial charge in [0.25, 0.3) is 0 Å². The van der Waals surface area contributed by atoms with Gasteiger partial charge in [-0.25, -0.2) is 0 Å². The predicted octanol–water partition coefficient (Wildman–Crippen LogP) is 0.906. The molecule has 94 valence electrons. The fraction of sp³-hybridized carbons (Fsp3) is 0.462. The standard InChI is InChI=1S/C13H18O4/c14-9-12(15)10-17-13(16)8-4-7-11-5-2-1-3-6-11/h1-3,5-6,12,14-15H,4,7-10H2/t12-/m0/s1. The van der Waals surface area contributed by atoms with Gasteiger partial charge in [-0.2, -0.15) is 0 Å². The zero-order valence-electron chi connectivity index (χ0n) is 9.71. The minimum absolute atomic E-state index is 0.138. The van der Waals surface area contributed by atoms with Crippen molar-refractivity contribution in [1.29, 1.82) is 0 Å². The Bertz CT molecular complexity index is 323. The Hall–Kier alpha value is -1.39. The number of ether oxygens (including phenoxy) is 1. The lowest BCUT2D eigenvalue weighted by molar-refractivity contribution is -0.147. The Morgan fingerprint density at radius 3 is 2.65 bits per heavy atom. The van der Waals surface area contributed by atoms with Crippen molar-refractivity contribution < 1.29 is 19.7 Å². The summed E-state index contributed by atoms with van der Waals surface area (Å²) in [6.07, 6.45) is 0.900. The second kappa shape index (κ2) is 7.81. The molecular weight excluding hydrogens is 220 g/mol. The van der Waals surface area contributed by atoms with Gasteiger partial charge in [0.1, 0.15) is 12.7 Å². The fourth-order valence-electron chi connectivity index (χ4n) is 1.40. The fourth-order valence-corrected chi connectivity index (χ4v) is 1.40. The van der Waals surface area contributed by atoms with E-state index in [2.05, 4.69) is 0 Å². The Morgan fingerprint density at radius 1 is 1.29 bits per heavy atom. The molecule has 2 N–H and O–H groups in total. The third-order valence-corrected chi connectivity index (χ3v) is 2.34. The molecule has 0 fully saturated rings. The summed E-state index contributed by atoms with van der Waals surface area (Å²) < 4.78 is 4.78. The van der Waals surface area contributed by atoms with Crippen LogP contribution in [0.2, 0.25) is 0 Å². The lowest BCUT2D eigenvalue weighted by Crippen LogP contribution is -2.21. The molecule has 1 aromatic carbocycles. The maximum absolute atomic E-state index is 11.2. The van der Waals surface area contributed by atoms with Gasteiger partial charge in [0, 0.05) is 6.42 Å². The molecule has 4 nitrogen and oxygen atoms in total. The summed E-state index contributed by atoms with van der Waals surface area (Å²) >= 11 is 0. The van der Waals surface area contributed by atoms with E-state index in [1.807, 2.05) is 30.3 Å². The van der Waals surface area contributed by atoms with Gasteiger partial charge in [-0.3, -0.25) is 4.79 Å². The zero-order valence-corrected chi connectivity index (χ0v) is 9.71. The SMILES string of the molecule is O=C(CCCc1ccccc1)OC[C@@H](O)CO.